The highest BCUT2D eigenvalue weighted by atomic mass is 16.2. The van der Waals surface area contributed by atoms with Crippen molar-refractivity contribution in [2.45, 2.75) is 37.6 Å². The number of rotatable bonds is 2. The van der Waals surface area contributed by atoms with E-state index < -0.39 is 5.54 Å². The lowest BCUT2D eigenvalue weighted by atomic mass is 9.86. The van der Waals surface area contributed by atoms with Crippen molar-refractivity contribution in [1.29, 1.82) is 0 Å². The monoisotopic (exact) mass is 305 g/mol. The second-order valence-electron chi connectivity index (χ2n) is 6.59. The third kappa shape index (κ3) is 2.21. The molecule has 1 aliphatic carbocycles. The molecule has 0 N–H and O–H groups in total. The zero-order valence-corrected chi connectivity index (χ0v) is 13.2. The van der Waals surface area contributed by atoms with E-state index in [-0.39, 0.29) is 17.8 Å². The number of allylic oxidation sites excluding steroid dienone is 2. The quantitative estimate of drug-likeness (QED) is 0.569. The fourth-order valence-corrected chi connectivity index (χ4v) is 3.84. The van der Waals surface area contributed by atoms with E-state index in [4.69, 9.17) is 0 Å². The van der Waals surface area contributed by atoms with Crippen LogP contribution in [0, 0.1) is 5.92 Å². The number of imide groups is 1. The molecule has 6 heteroatoms. The highest BCUT2D eigenvalue weighted by molar-refractivity contribution is 6.06. The average Bonchev–Trinajstić information content (AvgIpc) is 3.08. The average molecular weight is 305 g/mol. The summed E-state index contributed by atoms with van der Waals surface area (Å²) in [7, 11) is 3.21. The highest BCUT2D eigenvalue weighted by Gasteiger charge is 2.55. The Morgan fingerprint density at radius 1 is 1.27 bits per heavy atom. The third-order valence-corrected chi connectivity index (χ3v) is 5.41. The van der Waals surface area contributed by atoms with Crippen molar-refractivity contribution in [3.05, 3.63) is 12.2 Å². The van der Waals surface area contributed by atoms with Gasteiger partial charge in [-0.2, -0.15) is 0 Å². The van der Waals surface area contributed by atoms with Crippen LogP contribution in [0.25, 0.3) is 0 Å². The first kappa shape index (κ1) is 15.1. The molecule has 0 aromatic heterocycles. The summed E-state index contributed by atoms with van der Waals surface area (Å²) >= 11 is 0. The van der Waals surface area contributed by atoms with Crippen molar-refractivity contribution in [3.63, 3.8) is 0 Å². The molecule has 2 fully saturated rings. The number of likely N-dealkylation sites (N-methyl/N-ethyl adjacent to an activating group) is 2. The smallest absolute Gasteiger partial charge is 0.327 e. The molecule has 4 amide bonds. The summed E-state index contributed by atoms with van der Waals surface area (Å²) in [5.41, 5.74) is -0.740. The van der Waals surface area contributed by atoms with E-state index in [1.54, 1.807) is 11.9 Å². The number of nitrogens with zero attached hydrogens (tertiary/aromatic N) is 3. The minimum Gasteiger partial charge on any atom is -0.342 e. The topological polar surface area (TPSA) is 60.9 Å². The molecule has 2 saturated heterocycles. The molecule has 6 nitrogen and oxygen atoms in total. The molecule has 0 saturated carbocycles. The van der Waals surface area contributed by atoms with Crippen molar-refractivity contribution >= 4 is 17.8 Å². The van der Waals surface area contributed by atoms with Crippen LogP contribution in [0.4, 0.5) is 4.79 Å². The molecular weight excluding hydrogens is 282 g/mol. The summed E-state index contributed by atoms with van der Waals surface area (Å²) in [6, 6.07) is -0.249. The summed E-state index contributed by atoms with van der Waals surface area (Å²) in [5, 5.41) is 0. The number of hydrogen-bond acceptors (Lipinski definition) is 3. The van der Waals surface area contributed by atoms with Gasteiger partial charge in [-0.3, -0.25) is 14.5 Å². The molecule has 2 aliphatic heterocycles. The maximum atomic E-state index is 12.4. The number of amides is 4. The summed E-state index contributed by atoms with van der Waals surface area (Å²) in [5.74, 6) is 0.400. The lowest BCUT2D eigenvalue weighted by Gasteiger charge is -2.41. The zero-order chi connectivity index (χ0) is 15.9. The molecule has 2 heterocycles. The Balaban J connectivity index is 1.62. The van der Waals surface area contributed by atoms with Crippen LogP contribution in [0.3, 0.4) is 0 Å². The molecule has 0 aromatic carbocycles. The number of carbonyl (C=O) groups excluding carboxylic acids is 3. The van der Waals surface area contributed by atoms with E-state index in [1.807, 2.05) is 4.90 Å². The van der Waals surface area contributed by atoms with Gasteiger partial charge in [0.1, 0.15) is 5.54 Å². The van der Waals surface area contributed by atoms with E-state index in [9.17, 15) is 14.4 Å². The Bertz CT molecular complexity index is 535. The molecule has 3 aliphatic rings. The summed E-state index contributed by atoms with van der Waals surface area (Å²) in [6.45, 7) is 1.10. The highest BCUT2D eigenvalue weighted by Crippen LogP contribution is 2.35. The molecule has 22 heavy (non-hydrogen) atoms. The summed E-state index contributed by atoms with van der Waals surface area (Å²) in [6.07, 6.45) is 8.02. The Hall–Kier alpha value is -1.85. The third-order valence-electron chi connectivity index (χ3n) is 5.41. The van der Waals surface area contributed by atoms with Crippen molar-refractivity contribution in [1.82, 2.24) is 14.7 Å². The molecule has 3 rings (SSSR count). The SMILES string of the molecule is CN1C(=O)N(C)C2(CCN(C(=O)CC3C=CCC3)CC2)C1=O. The Morgan fingerprint density at radius 2 is 1.95 bits per heavy atom. The van der Waals surface area contributed by atoms with Crippen LogP contribution in [0.5, 0.6) is 0 Å². The predicted octanol–water partition coefficient (Wildman–Crippen LogP) is 1.23. The number of carbonyl (C=O) groups is 3. The molecule has 0 bridgehead atoms. The standard InChI is InChI=1S/C16H23N3O3/c1-17-14(21)16(18(2)15(17)22)7-9-19(10-8-16)13(20)11-12-5-3-4-6-12/h3,5,12H,4,6-11H2,1-2H3. The van der Waals surface area contributed by atoms with Crippen molar-refractivity contribution in [2.75, 3.05) is 27.2 Å². The van der Waals surface area contributed by atoms with Crippen LogP contribution in [-0.4, -0.2) is 65.3 Å². The van der Waals surface area contributed by atoms with Crippen LogP contribution in [0.15, 0.2) is 12.2 Å². The van der Waals surface area contributed by atoms with Gasteiger partial charge in [-0.15, -0.1) is 0 Å². The largest absolute Gasteiger partial charge is 0.342 e. The molecule has 1 atom stereocenters. The van der Waals surface area contributed by atoms with Gasteiger partial charge in [0.15, 0.2) is 0 Å². The van der Waals surface area contributed by atoms with Gasteiger partial charge in [0.2, 0.25) is 5.91 Å². The van der Waals surface area contributed by atoms with Gasteiger partial charge < -0.3 is 9.80 Å². The molecule has 0 radical (unpaired) electrons. The first-order valence-electron chi connectivity index (χ1n) is 7.96. The van der Waals surface area contributed by atoms with Crippen LogP contribution in [0.2, 0.25) is 0 Å². The first-order valence-corrected chi connectivity index (χ1v) is 7.96. The van der Waals surface area contributed by atoms with Gasteiger partial charge >= 0.3 is 6.03 Å². The fraction of sp³-hybridized carbons (Fsp3) is 0.688. The van der Waals surface area contributed by atoms with Gasteiger partial charge in [-0.1, -0.05) is 12.2 Å². The van der Waals surface area contributed by atoms with E-state index >= 15 is 0 Å². The molecular formula is C16H23N3O3. The second-order valence-corrected chi connectivity index (χ2v) is 6.59. The Labute approximate surface area is 130 Å². The van der Waals surface area contributed by atoms with Crippen molar-refractivity contribution in [2.24, 2.45) is 5.92 Å². The molecule has 1 spiro atoms. The molecule has 1 unspecified atom stereocenters. The van der Waals surface area contributed by atoms with Crippen molar-refractivity contribution in [3.8, 4) is 0 Å². The minimum absolute atomic E-state index is 0.133. The normalized spacial score (nSPS) is 27.4. The number of piperidine rings is 1. The van der Waals surface area contributed by atoms with Crippen LogP contribution in [0.1, 0.15) is 32.1 Å². The zero-order valence-electron chi connectivity index (χ0n) is 13.2. The summed E-state index contributed by atoms with van der Waals surface area (Å²) < 4.78 is 0. The van der Waals surface area contributed by atoms with E-state index in [2.05, 4.69) is 12.2 Å². The first-order chi connectivity index (χ1) is 10.5. The van der Waals surface area contributed by atoms with Gasteiger partial charge in [-0.25, -0.2) is 4.79 Å². The lowest BCUT2D eigenvalue weighted by molar-refractivity contribution is -0.140. The molecule has 0 aromatic rings. The second kappa shape index (κ2) is 5.41. The van der Waals surface area contributed by atoms with Crippen LogP contribution in [-0.2, 0) is 9.59 Å². The summed E-state index contributed by atoms with van der Waals surface area (Å²) in [4.78, 5) is 41.3. The lowest BCUT2D eigenvalue weighted by Crippen LogP contribution is -2.56. The predicted molar refractivity (Wildman–Crippen MR) is 81.0 cm³/mol. The fourth-order valence-electron chi connectivity index (χ4n) is 3.84. The van der Waals surface area contributed by atoms with Gasteiger partial charge in [0.25, 0.3) is 5.91 Å². The van der Waals surface area contributed by atoms with Crippen LogP contribution >= 0.6 is 0 Å². The number of urea groups is 1. The Kier molecular flexibility index (Phi) is 3.70. The maximum absolute atomic E-state index is 12.4. The molecule has 120 valence electrons. The van der Waals surface area contributed by atoms with Gasteiger partial charge in [-0.05, 0) is 31.6 Å². The van der Waals surface area contributed by atoms with Gasteiger partial charge in [0, 0.05) is 33.6 Å². The number of likely N-dealkylation sites (tertiary alicyclic amines) is 1. The maximum Gasteiger partial charge on any atom is 0.327 e. The van der Waals surface area contributed by atoms with E-state index in [1.165, 1.54) is 11.9 Å². The number of hydrogen-bond donors (Lipinski definition) is 0. The van der Waals surface area contributed by atoms with Crippen molar-refractivity contribution < 1.29 is 14.4 Å². The van der Waals surface area contributed by atoms with E-state index in [0.717, 1.165) is 12.8 Å². The van der Waals surface area contributed by atoms with Crippen LogP contribution < -0.4 is 0 Å². The minimum atomic E-state index is -0.740. The van der Waals surface area contributed by atoms with Gasteiger partial charge in [0.05, 0.1) is 0 Å². The Morgan fingerprint density at radius 3 is 2.45 bits per heavy atom. The van der Waals surface area contributed by atoms with E-state index in [0.29, 0.717) is 38.3 Å².